The van der Waals surface area contributed by atoms with Crippen LogP contribution in [0.1, 0.15) is 44.6 Å². The van der Waals surface area contributed by atoms with Crippen LogP contribution >= 0.6 is 0 Å². The monoisotopic (exact) mass is 406 g/mol. The molecule has 0 radical (unpaired) electrons. The highest BCUT2D eigenvalue weighted by molar-refractivity contribution is 7.89. The van der Waals surface area contributed by atoms with E-state index >= 15 is 0 Å². The van der Waals surface area contributed by atoms with Crippen molar-refractivity contribution in [1.82, 2.24) is 9.21 Å². The molecule has 0 spiro atoms. The summed E-state index contributed by atoms with van der Waals surface area (Å²) < 4.78 is 33.4. The van der Waals surface area contributed by atoms with Gasteiger partial charge >= 0.3 is 0 Å². The van der Waals surface area contributed by atoms with Crippen molar-refractivity contribution >= 4 is 15.9 Å². The van der Waals surface area contributed by atoms with E-state index in [4.69, 9.17) is 4.74 Å². The summed E-state index contributed by atoms with van der Waals surface area (Å²) in [6, 6.07) is 7.15. The predicted octanol–water partition coefficient (Wildman–Crippen LogP) is 2.43. The van der Waals surface area contributed by atoms with Gasteiger partial charge in [0, 0.05) is 32.6 Å². The summed E-state index contributed by atoms with van der Waals surface area (Å²) in [6.45, 7) is 4.60. The van der Waals surface area contributed by atoms with Gasteiger partial charge in [-0.3, -0.25) is 4.79 Å². The number of hydrogen-bond acceptors (Lipinski definition) is 4. The zero-order valence-corrected chi connectivity index (χ0v) is 17.4. The highest BCUT2D eigenvalue weighted by atomic mass is 32.2. The van der Waals surface area contributed by atoms with Crippen LogP contribution in [0, 0.1) is 5.92 Å². The standard InChI is InChI=1S/C21H30N2O4S/c1-2-16-5-7-19(8-6-16)28(25,26)23-13-9-18(10-14-23)27-20-11-12-22(21(20)24)15-17-3-4-17/h5-8,17-18,20H,2-4,9-15H2,1H3. The Kier molecular flexibility index (Phi) is 5.76. The first-order valence-corrected chi connectivity index (χ1v) is 11.9. The maximum absolute atomic E-state index is 12.9. The van der Waals surface area contributed by atoms with E-state index in [1.54, 1.807) is 16.4 Å². The lowest BCUT2D eigenvalue weighted by Crippen LogP contribution is -2.42. The van der Waals surface area contributed by atoms with Crippen LogP contribution in [0.15, 0.2) is 29.2 Å². The Labute approximate surface area is 167 Å². The molecule has 1 aliphatic carbocycles. The second-order valence-electron chi connectivity index (χ2n) is 8.24. The molecule has 3 fully saturated rings. The number of ether oxygens (including phenoxy) is 1. The minimum Gasteiger partial charge on any atom is -0.365 e. The number of benzene rings is 1. The Morgan fingerprint density at radius 3 is 2.29 bits per heavy atom. The third-order valence-electron chi connectivity index (χ3n) is 6.15. The Balaban J connectivity index is 1.29. The molecule has 28 heavy (non-hydrogen) atoms. The van der Waals surface area contributed by atoms with E-state index in [1.165, 1.54) is 12.8 Å². The Bertz CT molecular complexity index is 796. The molecule has 1 atom stereocenters. The van der Waals surface area contributed by atoms with E-state index < -0.39 is 10.0 Å². The molecule has 3 aliphatic rings. The van der Waals surface area contributed by atoms with E-state index in [1.807, 2.05) is 17.0 Å². The second kappa shape index (κ2) is 8.13. The number of likely N-dealkylation sites (tertiary alicyclic amines) is 1. The summed E-state index contributed by atoms with van der Waals surface area (Å²) in [5.74, 6) is 0.820. The molecule has 154 valence electrons. The van der Waals surface area contributed by atoms with Gasteiger partial charge in [-0.05, 0) is 55.7 Å². The van der Waals surface area contributed by atoms with Crippen LogP contribution in [-0.4, -0.2) is 61.9 Å². The molecular formula is C21H30N2O4S. The highest BCUT2D eigenvalue weighted by Gasteiger charge is 2.38. The number of hydrogen-bond donors (Lipinski definition) is 0. The lowest BCUT2D eigenvalue weighted by molar-refractivity contribution is -0.141. The van der Waals surface area contributed by atoms with Gasteiger partial charge in [0.1, 0.15) is 6.10 Å². The largest absolute Gasteiger partial charge is 0.365 e. The number of piperidine rings is 1. The number of rotatable bonds is 7. The molecule has 2 saturated heterocycles. The molecule has 0 N–H and O–H groups in total. The third-order valence-corrected chi connectivity index (χ3v) is 8.06. The van der Waals surface area contributed by atoms with E-state index in [0.717, 1.165) is 31.5 Å². The minimum atomic E-state index is -3.46. The first-order valence-electron chi connectivity index (χ1n) is 10.5. The molecule has 1 saturated carbocycles. The molecule has 1 aromatic carbocycles. The fraction of sp³-hybridized carbons (Fsp3) is 0.667. The van der Waals surface area contributed by atoms with Gasteiger partial charge in [0.15, 0.2) is 0 Å². The van der Waals surface area contributed by atoms with E-state index in [9.17, 15) is 13.2 Å². The normalized spacial score (nSPS) is 24.8. The van der Waals surface area contributed by atoms with Crippen molar-refractivity contribution in [3.63, 3.8) is 0 Å². The van der Waals surface area contributed by atoms with Crippen molar-refractivity contribution in [2.45, 2.75) is 62.6 Å². The predicted molar refractivity (Wildman–Crippen MR) is 106 cm³/mol. The van der Waals surface area contributed by atoms with Gasteiger partial charge in [-0.2, -0.15) is 4.31 Å². The molecular weight excluding hydrogens is 376 g/mol. The first-order chi connectivity index (χ1) is 13.5. The lowest BCUT2D eigenvalue weighted by atomic mass is 10.1. The lowest BCUT2D eigenvalue weighted by Gasteiger charge is -2.32. The van der Waals surface area contributed by atoms with Crippen LogP contribution in [0.4, 0.5) is 0 Å². The zero-order valence-electron chi connectivity index (χ0n) is 16.5. The third kappa shape index (κ3) is 4.26. The summed E-state index contributed by atoms with van der Waals surface area (Å²) in [5.41, 5.74) is 1.13. The SMILES string of the molecule is CCc1ccc(S(=O)(=O)N2CCC(OC3CCN(CC4CC4)C3=O)CC2)cc1. The van der Waals surface area contributed by atoms with Crippen LogP contribution < -0.4 is 0 Å². The average molecular weight is 407 g/mol. The van der Waals surface area contributed by atoms with Crippen molar-refractivity contribution in [1.29, 1.82) is 0 Å². The summed E-state index contributed by atoms with van der Waals surface area (Å²) >= 11 is 0. The Morgan fingerprint density at radius 2 is 1.68 bits per heavy atom. The number of aryl methyl sites for hydroxylation is 1. The van der Waals surface area contributed by atoms with Crippen molar-refractivity contribution in [2.75, 3.05) is 26.2 Å². The quantitative estimate of drug-likeness (QED) is 0.698. The van der Waals surface area contributed by atoms with E-state index in [2.05, 4.69) is 6.92 Å². The first kappa shape index (κ1) is 19.9. The topological polar surface area (TPSA) is 66.9 Å². The van der Waals surface area contributed by atoms with Crippen molar-refractivity contribution in [2.24, 2.45) is 5.92 Å². The van der Waals surface area contributed by atoms with Gasteiger partial charge in [-0.1, -0.05) is 19.1 Å². The number of nitrogens with zero attached hydrogens (tertiary/aromatic N) is 2. The van der Waals surface area contributed by atoms with E-state index in [-0.39, 0.29) is 18.1 Å². The van der Waals surface area contributed by atoms with Gasteiger partial charge in [0.05, 0.1) is 11.0 Å². The van der Waals surface area contributed by atoms with Crippen LogP contribution in [0.2, 0.25) is 0 Å². The van der Waals surface area contributed by atoms with Gasteiger partial charge in [0.2, 0.25) is 10.0 Å². The molecule has 0 bridgehead atoms. The van der Waals surface area contributed by atoms with Crippen molar-refractivity contribution < 1.29 is 17.9 Å². The summed E-state index contributed by atoms with van der Waals surface area (Å²) in [4.78, 5) is 14.8. The Morgan fingerprint density at radius 1 is 1.00 bits per heavy atom. The molecule has 7 heteroatoms. The van der Waals surface area contributed by atoms with Gasteiger partial charge in [-0.15, -0.1) is 0 Å². The number of sulfonamides is 1. The van der Waals surface area contributed by atoms with Crippen molar-refractivity contribution in [3.05, 3.63) is 29.8 Å². The fourth-order valence-corrected chi connectivity index (χ4v) is 5.59. The summed E-state index contributed by atoms with van der Waals surface area (Å²) in [5, 5.41) is 0. The maximum atomic E-state index is 12.9. The van der Waals surface area contributed by atoms with Crippen LogP contribution in [-0.2, 0) is 26.0 Å². The molecule has 1 aromatic rings. The van der Waals surface area contributed by atoms with Crippen LogP contribution in [0.3, 0.4) is 0 Å². The number of amides is 1. The zero-order chi connectivity index (χ0) is 19.7. The second-order valence-corrected chi connectivity index (χ2v) is 10.2. The molecule has 2 heterocycles. The molecule has 6 nitrogen and oxygen atoms in total. The molecule has 4 rings (SSSR count). The fourth-order valence-electron chi connectivity index (χ4n) is 4.12. The smallest absolute Gasteiger partial charge is 0.251 e. The molecule has 0 aromatic heterocycles. The van der Waals surface area contributed by atoms with Crippen molar-refractivity contribution in [3.8, 4) is 0 Å². The van der Waals surface area contributed by atoms with Gasteiger partial charge < -0.3 is 9.64 Å². The number of carbonyl (C=O) groups excluding carboxylic acids is 1. The molecule has 1 unspecified atom stereocenters. The van der Waals surface area contributed by atoms with Gasteiger partial charge in [-0.25, -0.2) is 8.42 Å². The van der Waals surface area contributed by atoms with E-state index in [0.29, 0.717) is 36.7 Å². The average Bonchev–Trinajstić information content (AvgIpc) is 3.47. The molecule has 2 aliphatic heterocycles. The summed E-state index contributed by atoms with van der Waals surface area (Å²) in [7, 11) is -3.46. The van der Waals surface area contributed by atoms with Gasteiger partial charge in [0.25, 0.3) is 5.91 Å². The Hall–Kier alpha value is -1.44. The molecule has 1 amide bonds. The van der Waals surface area contributed by atoms with Crippen LogP contribution in [0.25, 0.3) is 0 Å². The highest BCUT2D eigenvalue weighted by Crippen LogP contribution is 2.32. The number of carbonyl (C=O) groups is 1. The summed E-state index contributed by atoms with van der Waals surface area (Å²) in [6.07, 6.45) is 5.02. The minimum absolute atomic E-state index is 0.0382. The van der Waals surface area contributed by atoms with Crippen LogP contribution in [0.5, 0.6) is 0 Å². The maximum Gasteiger partial charge on any atom is 0.251 e.